The minimum absolute atomic E-state index is 0.0406. The summed E-state index contributed by atoms with van der Waals surface area (Å²) >= 11 is 0. The van der Waals surface area contributed by atoms with Crippen LogP contribution in [0.1, 0.15) is 51.2 Å². The average Bonchev–Trinajstić information content (AvgIpc) is 2.89. The van der Waals surface area contributed by atoms with Crippen LogP contribution in [-0.4, -0.2) is 57.9 Å². The number of hydrogen-bond donors (Lipinski definition) is 0. The lowest BCUT2D eigenvalue weighted by atomic mass is 9.65. The van der Waals surface area contributed by atoms with E-state index in [4.69, 9.17) is 4.74 Å². The smallest absolute Gasteiger partial charge is 0.243 e. The van der Waals surface area contributed by atoms with Gasteiger partial charge >= 0.3 is 0 Å². The number of rotatable bonds is 5. The Labute approximate surface area is 221 Å². The molecule has 3 aliphatic rings. The maximum Gasteiger partial charge on any atom is 0.243 e. The molecule has 1 saturated carbocycles. The Morgan fingerprint density at radius 2 is 1.65 bits per heavy atom. The van der Waals surface area contributed by atoms with Gasteiger partial charge in [0.15, 0.2) is 0 Å². The summed E-state index contributed by atoms with van der Waals surface area (Å²) in [5.41, 5.74) is 4.17. The minimum Gasteiger partial charge on any atom is -0.378 e. The molecule has 2 aromatic rings. The molecule has 2 heterocycles. The van der Waals surface area contributed by atoms with Crippen molar-refractivity contribution >= 4 is 21.5 Å². The fourth-order valence-electron chi connectivity index (χ4n) is 5.86. The molecule has 37 heavy (non-hydrogen) atoms. The first-order valence-electron chi connectivity index (χ1n) is 13.3. The minimum atomic E-state index is -3.65. The van der Waals surface area contributed by atoms with Crippen LogP contribution < -0.4 is 4.90 Å². The molecule has 0 bridgehead atoms. The van der Waals surface area contributed by atoms with Crippen LogP contribution in [0.5, 0.6) is 0 Å². The third kappa shape index (κ3) is 5.40. The number of Topliss-reactive ketones (excluding diaryl/α,β-unsaturated/α-hetero) is 1. The third-order valence-corrected chi connectivity index (χ3v) is 10.0. The molecule has 2 fully saturated rings. The van der Waals surface area contributed by atoms with Crippen LogP contribution in [0.2, 0.25) is 0 Å². The number of carbonyl (C=O) groups is 1. The highest BCUT2D eigenvalue weighted by Crippen LogP contribution is 2.46. The van der Waals surface area contributed by atoms with E-state index < -0.39 is 10.0 Å². The first-order valence-corrected chi connectivity index (χ1v) is 14.7. The van der Waals surface area contributed by atoms with Crippen molar-refractivity contribution in [2.24, 2.45) is 5.41 Å². The highest BCUT2D eigenvalue weighted by molar-refractivity contribution is 7.89. The predicted octanol–water partition coefficient (Wildman–Crippen LogP) is 4.73. The normalized spacial score (nSPS) is 23.5. The molecule has 6 nitrogen and oxygen atoms in total. The number of carbonyl (C=O) groups excluding carboxylic acids is 1. The van der Waals surface area contributed by atoms with Crippen LogP contribution >= 0.6 is 0 Å². The van der Waals surface area contributed by atoms with E-state index in [0.29, 0.717) is 37.2 Å². The molecular weight excluding hydrogens is 484 g/mol. The number of benzene rings is 2. The summed E-state index contributed by atoms with van der Waals surface area (Å²) in [5.74, 6) is 0.249. The van der Waals surface area contributed by atoms with Crippen molar-refractivity contribution in [3.8, 4) is 0 Å². The van der Waals surface area contributed by atoms with E-state index in [-0.39, 0.29) is 16.6 Å². The van der Waals surface area contributed by atoms with Crippen LogP contribution in [0.25, 0.3) is 0 Å². The van der Waals surface area contributed by atoms with Gasteiger partial charge in [0.05, 0.1) is 18.1 Å². The van der Waals surface area contributed by atoms with Crippen molar-refractivity contribution in [2.75, 3.05) is 44.3 Å². The Balaban J connectivity index is 1.40. The maximum absolute atomic E-state index is 13.7. The number of nitrogens with zero attached hydrogens (tertiary/aromatic N) is 2. The SMILES string of the molecule is CC(C)(C)c1ccc(S(=O)(=O)N2CC=C3CC(=O)CCC3(Cc3ccc(N4CCOCC4)cc3)C2)cc1. The van der Waals surface area contributed by atoms with Gasteiger partial charge in [0.1, 0.15) is 5.78 Å². The lowest BCUT2D eigenvalue weighted by Gasteiger charge is -2.45. The highest BCUT2D eigenvalue weighted by atomic mass is 32.2. The van der Waals surface area contributed by atoms with Gasteiger partial charge in [-0.15, -0.1) is 0 Å². The summed E-state index contributed by atoms with van der Waals surface area (Å²) in [6, 6.07) is 15.9. The van der Waals surface area contributed by atoms with E-state index in [1.54, 1.807) is 16.4 Å². The maximum atomic E-state index is 13.7. The summed E-state index contributed by atoms with van der Waals surface area (Å²) in [4.78, 5) is 15.0. The molecule has 5 rings (SSSR count). The standard InChI is InChI=1S/C30H38N2O4S/c1-29(2,3)24-6-10-28(11-7-24)37(34,35)32-15-13-25-20-27(33)12-14-30(25,22-32)21-23-4-8-26(9-5-23)31-16-18-36-19-17-31/h4-11,13H,12,14-22H2,1-3H3. The Morgan fingerprint density at radius 3 is 2.30 bits per heavy atom. The van der Waals surface area contributed by atoms with Crippen molar-refractivity contribution in [2.45, 2.75) is 56.8 Å². The van der Waals surface area contributed by atoms with Gasteiger partial charge in [0.2, 0.25) is 10.0 Å². The highest BCUT2D eigenvalue weighted by Gasteiger charge is 2.45. The van der Waals surface area contributed by atoms with Crippen LogP contribution in [0.15, 0.2) is 65.1 Å². The van der Waals surface area contributed by atoms with E-state index in [0.717, 1.165) is 43.9 Å². The molecule has 2 aromatic carbocycles. The topological polar surface area (TPSA) is 66.9 Å². The molecule has 0 aromatic heterocycles. The zero-order valence-electron chi connectivity index (χ0n) is 22.2. The second-order valence-electron chi connectivity index (χ2n) is 11.7. The lowest BCUT2D eigenvalue weighted by molar-refractivity contribution is -0.120. The number of anilines is 1. The number of morpholine rings is 1. The molecule has 198 valence electrons. The zero-order valence-corrected chi connectivity index (χ0v) is 23.0. The number of fused-ring (bicyclic) bond motifs is 1. The zero-order chi connectivity index (χ0) is 26.3. The molecule has 1 atom stereocenters. The van der Waals surface area contributed by atoms with Gasteiger partial charge in [-0.05, 0) is 53.6 Å². The monoisotopic (exact) mass is 522 g/mol. The van der Waals surface area contributed by atoms with E-state index >= 15 is 0 Å². The number of sulfonamides is 1. The van der Waals surface area contributed by atoms with Crippen LogP contribution in [0.3, 0.4) is 0 Å². The average molecular weight is 523 g/mol. The van der Waals surface area contributed by atoms with E-state index in [1.807, 2.05) is 18.2 Å². The Hall–Kier alpha value is -2.48. The molecular formula is C30H38N2O4S. The van der Waals surface area contributed by atoms with Gasteiger partial charge in [-0.2, -0.15) is 4.31 Å². The van der Waals surface area contributed by atoms with E-state index in [1.165, 1.54) is 11.3 Å². The third-order valence-electron chi connectivity index (χ3n) is 8.18. The van der Waals surface area contributed by atoms with Crippen molar-refractivity contribution in [3.05, 3.63) is 71.3 Å². The summed E-state index contributed by atoms with van der Waals surface area (Å²) < 4.78 is 34.5. The Bertz CT molecular complexity index is 1270. The number of ether oxygens (including phenoxy) is 1. The molecule has 1 saturated heterocycles. The first-order chi connectivity index (χ1) is 17.6. The van der Waals surface area contributed by atoms with Gasteiger partial charge in [-0.3, -0.25) is 4.79 Å². The van der Waals surface area contributed by atoms with E-state index in [9.17, 15) is 13.2 Å². The summed E-state index contributed by atoms with van der Waals surface area (Å²) in [6.45, 7) is 10.3. The molecule has 7 heteroatoms. The second kappa shape index (κ2) is 10.0. The summed E-state index contributed by atoms with van der Waals surface area (Å²) in [5, 5.41) is 0. The number of ketones is 1. The van der Waals surface area contributed by atoms with Crippen molar-refractivity contribution < 1.29 is 17.9 Å². The molecule has 2 aliphatic heterocycles. The van der Waals surface area contributed by atoms with E-state index in [2.05, 4.69) is 49.9 Å². The number of hydrogen-bond acceptors (Lipinski definition) is 5. The molecule has 0 N–H and O–H groups in total. The summed E-state index contributed by atoms with van der Waals surface area (Å²) in [7, 11) is -3.65. The van der Waals surface area contributed by atoms with Crippen LogP contribution in [-0.2, 0) is 31.4 Å². The van der Waals surface area contributed by atoms with Gasteiger partial charge < -0.3 is 9.64 Å². The van der Waals surface area contributed by atoms with Crippen molar-refractivity contribution in [1.82, 2.24) is 4.31 Å². The van der Waals surface area contributed by atoms with Gasteiger partial charge in [0, 0.05) is 50.1 Å². The van der Waals surface area contributed by atoms with Crippen molar-refractivity contribution in [3.63, 3.8) is 0 Å². The van der Waals surface area contributed by atoms with Crippen LogP contribution in [0.4, 0.5) is 5.69 Å². The molecule has 1 unspecified atom stereocenters. The molecule has 1 aliphatic carbocycles. The first kappa shape index (κ1) is 26.1. The predicted molar refractivity (Wildman–Crippen MR) is 146 cm³/mol. The van der Waals surface area contributed by atoms with Crippen molar-refractivity contribution in [1.29, 1.82) is 0 Å². The fraction of sp³-hybridized carbons (Fsp3) is 0.500. The molecule has 0 spiro atoms. The van der Waals surface area contributed by atoms with Gasteiger partial charge in [0.25, 0.3) is 0 Å². The Kier molecular flexibility index (Phi) is 7.07. The lowest BCUT2D eigenvalue weighted by Crippen LogP contribution is -2.49. The quantitative estimate of drug-likeness (QED) is 0.531. The largest absolute Gasteiger partial charge is 0.378 e. The molecule has 0 amide bonds. The van der Waals surface area contributed by atoms with Crippen LogP contribution in [0, 0.1) is 5.41 Å². The Morgan fingerprint density at radius 1 is 0.973 bits per heavy atom. The fourth-order valence-corrected chi connectivity index (χ4v) is 7.33. The second-order valence-corrected chi connectivity index (χ2v) is 13.7. The van der Waals surface area contributed by atoms with Gasteiger partial charge in [-0.25, -0.2) is 8.42 Å². The summed E-state index contributed by atoms with van der Waals surface area (Å²) in [6.07, 6.45) is 4.34. The van der Waals surface area contributed by atoms with Gasteiger partial charge in [-0.1, -0.05) is 56.7 Å². The molecule has 0 radical (unpaired) electrons.